The van der Waals surface area contributed by atoms with Gasteiger partial charge in [0.15, 0.2) is 11.9 Å². The van der Waals surface area contributed by atoms with Crippen LogP contribution in [0.4, 0.5) is 9.18 Å². The van der Waals surface area contributed by atoms with E-state index in [1.165, 1.54) is 16.8 Å². The molecule has 4 rings (SSSR count). The van der Waals surface area contributed by atoms with Gasteiger partial charge in [-0.1, -0.05) is 11.6 Å². The van der Waals surface area contributed by atoms with Crippen LogP contribution in [0.2, 0.25) is 5.02 Å². The molecule has 1 aliphatic carbocycles. The van der Waals surface area contributed by atoms with Crippen molar-refractivity contribution in [2.24, 2.45) is 5.92 Å². The van der Waals surface area contributed by atoms with Crippen LogP contribution in [-0.4, -0.2) is 26.2 Å². The summed E-state index contributed by atoms with van der Waals surface area (Å²) in [5.74, 6) is -0.438. The van der Waals surface area contributed by atoms with Crippen molar-refractivity contribution < 1.29 is 13.9 Å². The molecular formula is C22H22ClFN4O3. The largest absolute Gasteiger partial charge is 0.438 e. The molecule has 1 aliphatic rings. The Kier molecular flexibility index (Phi) is 5.43. The van der Waals surface area contributed by atoms with Crippen molar-refractivity contribution in [3.63, 3.8) is 0 Å². The number of amides is 1. The summed E-state index contributed by atoms with van der Waals surface area (Å²) in [5, 5.41) is 2.43. The van der Waals surface area contributed by atoms with Gasteiger partial charge in [-0.2, -0.15) is 0 Å². The predicted molar refractivity (Wildman–Crippen MR) is 115 cm³/mol. The second-order valence-corrected chi connectivity index (χ2v) is 8.99. The Labute approximate surface area is 183 Å². The molecule has 2 aromatic heterocycles. The molecule has 1 aromatic carbocycles. The van der Waals surface area contributed by atoms with Gasteiger partial charge in [-0.15, -0.1) is 0 Å². The van der Waals surface area contributed by atoms with E-state index in [9.17, 15) is 14.0 Å². The molecule has 1 fully saturated rings. The number of fused-ring (bicyclic) bond motifs is 1. The van der Waals surface area contributed by atoms with Gasteiger partial charge in [-0.25, -0.2) is 14.2 Å². The van der Waals surface area contributed by atoms with Gasteiger partial charge in [0.2, 0.25) is 0 Å². The van der Waals surface area contributed by atoms with E-state index in [0.29, 0.717) is 5.69 Å². The Morgan fingerprint density at radius 3 is 2.68 bits per heavy atom. The zero-order chi connectivity index (χ0) is 22.3. The lowest BCUT2D eigenvalue weighted by atomic mass is 10.1. The van der Waals surface area contributed by atoms with E-state index in [4.69, 9.17) is 16.3 Å². The summed E-state index contributed by atoms with van der Waals surface area (Å²) in [6.45, 7) is 5.53. The van der Waals surface area contributed by atoms with E-state index in [2.05, 4.69) is 15.3 Å². The fourth-order valence-electron chi connectivity index (χ4n) is 3.36. The fraction of sp³-hybridized carbons (Fsp3) is 0.364. The summed E-state index contributed by atoms with van der Waals surface area (Å²) in [6.07, 6.45) is 3.36. The Balaban J connectivity index is 1.92. The quantitative estimate of drug-likeness (QED) is 0.638. The van der Waals surface area contributed by atoms with Gasteiger partial charge in [-0.3, -0.25) is 14.3 Å². The molecule has 0 radical (unpaired) electrons. The molecule has 7 nitrogen and oxygen atoms in total. The van der Waals surface area contributed by atoms with Crippen molar-refractivity contribution in [2.45, 2.75) is 45.3 Å². The first-order chi connectivity index (χ1) is 14.7. The summed E-state index contributed by atoms with van der Waals surface area (Å²) in [7, 11) is 0. The van der Waals surface area contributed by atoms with E-state index >= 15 is 0 Å². The number of nitrogens with zero attached hydrogens (tertiary/aromatic N) is 3. The molecule has 3 aromatic rings. The Morgan fingerprint density at radius 2 is 2.06 bits per heavy atom. The number of alkyl carbamates (subject to hydrolysis) is 1. The molecule has 0 bridgehead atoms. The summed E-state index contributed by atoms with van der Waals surface area (Å²) in [4.78, 5) is 34.7. The highest BCUT2D eigenvalue weighted by Crippen LogP contribution is 2.43. The smallest absolute Gasteiger partial charge is 0.408 e. The number of nitrogens with one attached hydrogen (secondary N) is 1. The van der Waals surface area contributed by atoms with Gasteiger partial charge in [0.1, 0.15) is 5.82 Å². The van der Waals surface area contributed by atoms with E-state index in [-0.39, 0.29) is 27.7 Å². The summed E-state index contributed by atoms with van der Waals surface area (Å²) < 4.78 is 21.1. The zero-order valence-corrected chi connectivity index (χ0v) is 18.1. The first-order valence-corrected chi connectivity index (χ1v) is 10.3. The molecule has 162 valence electrons. The molecule has 0 spiro atoms. The third-order valence-corrected chi connectivity index (χ3v) is 5.24. The number of pyridine rings is 1. The van der Waals surface area contributed by atoms with Gasteiger partial charge < -0.3 is 10.1 Å². The third kappa shape index (κ3) is 4.39. The van der Waals surface area contributed by atoms with Crippen molar-refractivity contribution in [1.29, 1.82) is 0 Å². The topological polar surface area (TPSA) is 86.1 Å². The molecule has 1 amide bonds. The lowest BCUT2D eigenvalue weighted by Gasteiger charge is -2.25. The van der Waals surface area contributed by atoms with E-state index in [1.54, 1.807) is 18.3 Å². The number of rotatable bonds is 4. The van der Waals surface area contributed by atoms with Crippen molar-refractivity contribution >= 4 is 28.6 Å². The molecule has 1 atom stereocenters. The molecule has 0 unspecified atom stereocenters. The lowest BCUT2D eigenvalue weighted by molar-refractivity contribution is 0.0729. The second kappa shape index (κ2) is 7.92. The van der Waals surface area contributed by atoms with Crippen LogP contribution in [-0.2, 0) is 4.74 Å². The van der Waals surface area contributed by atoms with Crippen LogP contribution >= 0.6 is 11.6 Å². The molecule has 2 heterocycles. The number of hydrogen-bond acceptors (Lipinski definition) is 5. The first-order valence-electron chi connectivity index (χ1n) is 9.95. The number of carbonyl (C=O) groups excluding carboxylic acids is 1. The highest BCUT2D eigenvalue weighted by atomic mass is 35.5. The molecule has 1 saturated carbocycles. The molecule has 9 heteroatoms. The van der Waals surface area contributed by atoms with Crippen LogP contribution in [0.3, 0.4) is 0 Å². The number of aromatic nitrogens is 3. The fourth-order valence-corrected chi connectivity index (χ4v) is 3.60. The summed E-state index contributed by atoms with van der Waals surface area (Å²) in [6, 6.07) is 5.91. The van der Waals surface area contributed by atoms with Crippen LogP contribution in [0.25, 0.3) is 16.6 Å². The number of carbonyl (C=O) groups is 1. The average molecular weight is 445 g/mol. The van der Waals surface area contributed by atoms with E-state index < -0.39 is 29.1 Å². The third-order valence-electron chi connectivity index (χ3n) is 4.87. The minimum Gasteiger partial charge on any atom is -0.438 e. The second-order valence-electron chi connectivity index (χ2n) is 8.62. The monoisotopic (exact) mass is 444 g/mol. The minimum absolute atomic E-state index is 0.0221. The van der Waals surface area contributed by atoms with Crippen molar-refractivity contribution in [3.05, 3.63) is 63.7 Å². The number of ether oxygens (including phenoxy) is 1. The zero-order valence-electron chi connectivity index (χ0n) is 17.4. The Bertz CT molecular complexity index is 1200. The van der Waals surface area contributed by atoms with Gasteiger partial charge in [-0.05, 0) is 57.9 Å². The maximum atomic E-state index is 14.1. The van der Waals surface area contributed by atoms with Crippen molar-refractivity contribution in [2.75, 3.05) is 0 Å². The van der Waals surface area contributed by atoms with Gasteiger partial charge >= 0.3 is 6.09 Å². The molecule has 1 N–H and O–H groups in total. The highest BCUT2D eigenvalue weighted by Gasteiger charge is 2.39. The number of benzene rings is 1. The first kappa shape index (κ1) is 21.2. The standard InChI is InChI=1S/C22H22ClFN4O3/c1-22(2,3)27-21(30)31-18(12-6-7-12)19-26-15-9-8-14(24)17(23)16(15)20(29)28(19)13-5-4-10-25-11-13/h4-5,8-12,18H,6-7H2,1-3H3,(H,27,30)/t18-/m0/s1. The van der Waals surface area contributed by atoms with Gasteiger partial charge in [0.25, 0.3) is 5.56 Å². The average Bonchev–Trinajstić information content (AvgIpc) is 3.53. The Morgan fingerprint density at radius 1 is 1.32 bits per heavy atom. The van der Waals surface area contributed by atoms with Gasteiger partial charge in [0, 0.05) is 17.7 Å². The van der Waals surface area contributed by atoms with Crippen molar-refractivity contribution in [3.8, 4) is 5.69 Å². The number of halogens is 2. The summed E-state index contributed by atoms with van der Waals surface area (Å²) in [5.41, 5.74) is -0.390. The maximum Gasteiger partial charge on any atom is 0.408 e. The predicted octanol–water partition coefficient (Wildman–Crippen LogP) is 4.55. The van der Waals surface area contributed by atoms with Crippen LogP contribution in [0, 0.1) is 11.7 Å². The SMILES string of the molecule is CC(C)(C)NC(=O)O[C@H](c1nc2ccc(F)c(Cl)c2c(=O)n1-c1cccnc1)C1CC1. The lowest BCUT2D eigenvalue weighted by Crippen LogP contribution is -2.42. The van der Waals surface area contributed by atoms with Crippen LogP contribution in [0.15, 0.2) is 41.5 Å². The van der Waals surface area contributed by atoms with Gasteiger partial charge in [0.05, 0.1) is 27.8 Å². The molecule has 0 aliphatic heterocycles. The van der Waals surface area contributed by atoms with Crippen LogP contribution in [0.5, 0.6) is 0 Å². The van der Waals surface area contributed by atoms with E-state index in [1.807, 2.05) is 20.8 Å². The molecule has 0 saturated heterocycles. The minimum atomic E-state index is -0.761. The number of hydrogen-bond donors (Lipinski definition) is 1. The molecule has 31 heavy (non-hydrogen) atoms. The maximum absolute atomic E-state index is 14.1. The van der Waals surface area contributed by atoms with Crippen molar-refractivity contribution in [1.82, 2.24) is 19.9 Å². The van der Waals surface area contributed by atoms with Crippen LogP contribution < -0.4 is 10.9 Å². The summed E-state index contributed by atoms with van der Waals surface area (Å²) >= 11 is 6.12. The van der Waals surface area contributed by atoms with E-state index in [0.717, 1.165) is 18.9 Å². The van der Waals surface area contributed by atoms with Crippen LogP contribution in [0.1, 0.15) is 45.5 Å². The normalized spacial score (nSPS) is 15.0. The Hall–Kier alpha value is -3.00. The molecular weight excluding hydrogens is 423 g/mol. The highest BCUT2D eigenvalue weighted by molar-refractivity contribution is 6.35.